The molecule has 0 fully saturated rings. The Morgan fingerprint density at radius 1 is 1.45 bits per heavy atom. The van der Waals surface area contributed by atoms with Gasteiger partial charge in [-0.15, -0.1) is 0 Å². The molecule has 0 rings (SSSR count). The van der Waals surface area contributed by atoms with Gasteiger partial charge in [-0.3, -0.25) is 4.79 Å². The lowest BCUT2D eigenvalue weighted by Crippen LogP contribution is -2.10. The van der Waals surface area contributed by atoms with Gasteiger partial charge >= 0.3 is 5.97 Å². The van der Waals surface area contributed by atoms with Crippen LogP contribution in [0.4, 0.5) is 0 Å². The quantitative estimate of drug-likeness (QED) is 0.574. The zero-order chi connectivity index (χ0) is 8.69. The summed E-state index contributed by atoms with van der Waals surface area (Å²) in [6.07, 6.45) is 2.50. The highest BCUT2D eigenvalue weighted by molar-refractivity contribution is 5.69. The summed E-state index contributed by atoms with van der Waals surface area (Å²) in [7, 11) is 0. The van der Waals surface area contributed by atoms with E-state index >= 15 is 0 Å². The van der Waals surface area contributed by atoms with Gasteiger partial charge in [0.1, 0.15) is 0 Å². The molecule has 0 aliphatic heterocycles. The maximum atomic E-state index is 10.8. The van der Waals surface area contributed by atoms with Crippen LogP contribution in [0, 0.1) is 5.92 Å². The molecular formula is C9H18O2. The highest BCUT2D eigenvalue weighted by atomic mass is 16.5. The summed E-state index contributed by atoms with van der Waals surface area (Å²) in [5.41, 5.74) is 0. The third-order valence-electron chi connectivity index (χ3n) is 1.68. The van der Waals surface area contributed by atoms with Crippen LogP contribution in [0.3, 0.4) is 0 Å². The monoisotopic (exact) mass is 158 g/mol. The van der Waals surface area contributed by atoms with Crippen LogP contribution in [0.1, 0.15) is 40.0 Å². The zero-order valence-corrected chi connectivity index (χ0v) is 7.72. The summed E-state index contributed by atoms with van der Waals surface area (Å²) in [4.78, 5) is 10.8. The maximum Gasteiger partial charge on any atom is 0.305 e. The number of carbonyl (C=O) groups is 1. The van der Waals surface area contributed by atoms with Crippen molar-refractivity contribution in [1.29, 1.82) is 0 Å². The molecule has 0 aromatic rings. The first kappa shape index (κ1) is 10.5. The van der Waals surface area contributed by atoms with Gasteiger partial charge in [0.25, 0.3) is 0 Å². The molecule has 0 spiro atoms. The Balaban J connectivity index is 3.30. The largest absolute Gasteiger partial charge is 0.465 e. The van der Waals surface area contributed by atoms with Crippen molar-refractivity contribution < 1.29 is 9.53 Å². The molecule has 2 nitrogen and oxygen atoms in total. The van der Waals surface area contributed by atoms with Gasteiger partial charge in [-0.1, -0.05) is 27.2 Å². The maximum absolute atomic E-state index is 10.8. The number of ether oxygens (including phenoxy) is 1. The van der Waals surface area contributed by atoms with E-state index in [0.717, 1.165) is 12.8 Å². The van der Waals surface area contributed by atoms with Gasteiger partial charge in [-0.25, -0.2) is 0 Å². The summed E-state index contributed by atoms with van der Waals surface area (Å²) >= 11 is 0. The van der Waals surface area contributed by atoms with Crippen LogP contribution in [0.5, 0.6) is 0 Å². The average Bonchev–Trinajstić information content (AvgIpc) is 2.01. The third kappa shape index (κ3) is 5.89. The van der Waals surface area contributed by atoms with Gasteiger partial charge < -0.3 is 4.74 Å². The van der Waals surface area contributed by atoms with Crippen molar-refractivity contribution in [2.24, 2.45) is 5.92 Å². The lowest BCUT2D eigenvalue weighted by atomic mass is 10.1. The fourth-order valence-electron chi connectivity index (χ4n) is 0.629. The van der Waals surface area contributed by atoms with Gasteiger partial charge in [0, 0.05) is 6.42 Å². The Bertz CT molecular complexity index is 110. The second-order valence-corrected chi connectivity index (χ2v) is 2.95. The Morgan fingerprint density at radius 2 is 2.09 bits per heavy atom. The third-order valence-corrected chi connectivity index (χ3v) is 1.68. The summed E-state index contributed by atoms with van der Waals surface area (Å²) in [6.45, 7) is 6.73. The molecule has 0 N–H and O–H groups in total. The van der Waals surface area contributed by atoms with Crippen molar-refractivity contribution in [3.05, 3.63) is 0 Å². The second-order valence-electron chi connectivity index (χ2n) is 2.95. The highest BCUT2D eigenvalue weighted by Gasteiger charge is 2.03. The molecule has 0 heterocycles. The Morgan fingerprint density at radius 3 is 2.55 bits per heavy atom. The predicted octanol–water partition coefficient (Wildman–Crippen LogP) is 2.38. The van der Waals surface area contributed by atoms with Crippen LogP contribution in [0.25, 0.3) is 0 Å². The molecule has 0 aromatic carbocycles. The zero-order valence-electron chi connectivity index (χ0n) is 7.72. The fraction of sp³-hybridized carbons (Fsp3) is 0.889. The van der Waals surface area contributed by atoms with E-state index in [4.69, 9.17) is 4.74 Å². The Labute approximate surface area is 68.9 Å². The molecule has 0 aromatic heterocycles. The van der Waals surface area contributed by atoms with Crippen molar-refractivity contribution in [3.63, 3.8) is 0 Å². The van der Waals surface area contributed by atoms with Gasteiger partial charge in [0.05, 0.1) is 6.61 Å². The molecule has 0 amide bonds. The van der Waals surface area contributed by atoms with Crippen LogP contribution in [0.15, 0.2) is 0 Å². The molecular weight excluding hydrogens is 140 g/mol. The lowest BCUT2D eigenvalue weighted by molar-refractivity contribution is -0.144. The van der Waals surface area contributed by atoms with E-state index in [1.54, 1.807) is 0 Å². The van der Waals surface area contributed by atoms with E-state index in [9.17, 15) is 4.79 Å². The Kier molecular flexibility index (Phi) is 5.90. The first-order chi connectivity index (χ1) is 5.20. The highest BCUT2D eigenvalue weighted by Crippen LogP contribution is 2.02. The molecule has 0 aliphatic rings. The van der Waals surface area contributed by atoms with Crippen LogP contribution >= 0.6 is 0 Å². The second kappa shape index (κ2) is 6.20. The van der Waals surface area contributed by atoms with Crippen LogP contribution in [-0.4, -0.2) is 12.6 Å². The van der Waals surface area contributed by atoms with E-state index in [1.807, 2.05) is 6.92 Å². The van der Waals surface area contributed by atoms with Gasteiger partial charge in [0.15, 0.2) is 0 Å². The normalized spacial score (nSPS) is 12.6. The van der Waals surface area contributed by atoms with Crippen molar-refractivity contribution in [1.82, 2.24) is 0 Å². The number of rotatable bonds is 5. The average molecular weight is 158 g/mol. The molecule has 11 heavy (non-hydrogen) atoms. The lowest BCUT2D eigenvalue weighted by Gasteiger charge is -2.08. The number of hydrogen-bond acceptors (Lipinski definition) is 2. The standard InChI is InChI=1S/C9H18O2/c1-4-6-9(10)11-7-8(3)5-2/h8H,4-7H2,1-3H3/t8-/m0/s1. The van der Waals surface area contributed by atoms with E-state index < -0.39 is 0 Å². The topological polar surface area (TPSA) is 26.3 Å². The van der Waals surface area contributed by atoms with Gasteiger partial charge in [-0.2, -0.15) is 0 Å². The van der Waals surface area contributed by atoms with E-state index in [0.29, 0.717) is 18.9 Å². The van der Waals surface area contributed by atoms with Crippen LogP contribution in [0.2, 0.25) is 0 Å². The fourth-order valence-corrected chi connectivity index (χ4v) is 0.629. The Hall–Kier alpha value is -0.530. The summed E-state index contributed by atoms with van der Waals surface area (Å²) < 4.78 is 5.00. The van der Waals surface area contributed by atoms with Crippen molar-refractivity contribution in [2.45, 2.75) is 40.0 Å². The first-order valence-electron chi connectivity index (χ1n) is 4.36. The van der Waals surface area contributed by atoms with Crippen molar-refractivity contribution in [2.75, 3.05) is 6.61 Å². The smallest absolute Gasteiger partial charge is 0.305 e. The molecule has 0 unspecified atom stereocenters. The molecule has 0 saturated heterocycles. The summed E-state index contributed by atoms with van der Waals surface area (Å²) in [6, 6.07) is 0. The van der Waals surface area contributed by atoms with E-state index in [-0.39, 0.29) is 5.97 Å². The molecule has 0 bridgehead atoms. The summed E-state index contributed by atoms with van der Waals surface area (Å²) in [5, 5.41) is 0. The molecule has 2 heteroatoms. The number of esters is 1. The van der Waals surface area contributed by atoms with E-state index in [1.165, 1.54) is 0 Å². The van der Waals surface area contributed by atoms with E-state index in [2.05, 4.69) is 13.8 Å². The molecule has 0 radical (unpaired) electrons. The number of hydrogen-bond donors (Lipinski definition) is 0. The predicted molar refractivity (Wildman–Crippen MR) is 45.3 cm³/mol. The summed E-state index contributed by atoms with van der Waals surface area (Å²) in [5.74, 6) is 0.434. The molecule has 66 valence electrons. The van der Waals surface area contributed by atoms with Crippen molar-refractivity contribution in [3.8, 4) is 0 Å². The minimum absolute atomic E-state index is 0.0622. The molecule has 0 aliphatic carbocycles. The minimum atomic E-state index is -0.0622. The number of carbonyl (C=O) groups excluding carboxylic acids is 1. The van der Waals surface area contributed by atoms with Crippen LogP contribution < -0.4 is 0 Å². The van der Waals surface area contributed by atoms with Gasteiger partial charge in [-0.05, 0) is 12.3 Å². The molecule has 0 saturated carbocycles. The SMILES string of the molecule is CCCC(=O)OC[C@@H](C)CC. The van der Waals surface area contributed by atoms with Crippen molar-refractivity contribution >= 4 is 5.97 Å². The van der Waals surface area contributed by atoms with Gasteiger partial charge in [0.2, 0.25) is 0 Å². The first-order valence-corrected chi connectivity index (χ1v) is 4.36. The minimum Gasteiger partial charge on any atom is -0.465 e. The molecule has 1 atom stereocenters. The van der Waals surface area contributed by atoms with Crippen LogP contribution in [-0.2, 0) is 9.53 Å².